The fourth-order valence-electron chi connectivity index (χ4n) is 3.67. The molecule has 1 saturated heterocycles. The summed E-state index contributed by atoms with van der Waals surface area (Å²) in [5.74, 6) is 2.69. The monoisotopic (exact) mass is 252 g/mol. The van der Waals surface area contributed by atoms with Crippen molar-refractivity contribution in [2.75, 3.05) is 26.2 Å². The van der Waals surface area contributed by atoms with Crippen LogP contribution in [0.15, 0.2) is 0 Å². The van der Waals surface area contributed by atoms with Gasteiger partial charge in [-0.05, 0) is 50.1 Å². The highest BCUT2D eigenvalue weighted by Crippen LogP contribution is 2.26. The Kier molecular flexibility index (Phi) is 5.50. The van der Waals surface area contributed by atoms with E-state index in [4.69, 9.17) is 0 Å². The van der Waals surface area contributed by atoms with Gasteiger partial charge in [0.05, 0.1) is 0 Å². The Morgan fingerprint density at radius 2 is 1.89 bits per heavy atom. The van der Waals surface area contributed by atoms with Crippen molar-refractivity contribution in [3.05, 3.63) is 0 Å². The minimum Gasteiger partial charge on any atom is -0.312 e. The molecule has 0 aromatic heterocycles. The molecular weight excluding hydrogens is 220 g/mol. The van der Waals surface area contributed by atoms with Gasteiger partial charge in [-0.3, -0.25) is 0 Å². The second-order valence-electron chi connectivity index (χ2n) is 6.85. The molecule has 0 bridgehead atoms. The Morgan fingerprint density at radius 3 is 2.50 bits per heavy atom. The first kappa shape index (κ1) is 14.3. The standard InChI is InChI=1S/C16H32N2/c1-4-18-11-15(13(2)3)9-16(12-18)17-10-14-7-5-6-8-14/h13-17H,4-12H2,1-3H3. The van der Waals surface area contributed by atoms with Crippen LogP contribution in [-0.4, -0.2) is 37.1 Å². The summed E-state index contributed by atoms with van der Waals surface area (Å²) in [6.07, 6.45) is 7.25. The minimum absolute atomic E-state index is 0.742. The van der Waals surface area contributed by atoms with Crippen molar-refractivity contribution in [2.24, 2.45) is 17.8 Å². The lowest BCUT2D eigenvalue weighted by molar-refractivity contribution is 0.119. The zero-order valence-corrected chi connectivity index (χ0v) is 12.6. The Labute approximate surface area is 114 Å². The zero-order valence-electron chi connectivity index (χ0n) is 12.6. The number of hydrogen-bond acceptors (Lipinski definition) is 2. The van der Waals surface area contributed by atoms with Crippen molar-refractivity contribution >= 4 is 0 Å². The van der Waals surface area contributed by atoms with E-state index < -0.39 is 0 Å². The summed E-state index contributed by atoms with van der Waals surface area (Å²) in [5, 5.41) is 3.87. The fraction of sp³-hybridized carbons (Fsp3) is 1.00. The highest BCUT2D eigenvalue weighted by atomic mass is 15.2. The molecule has 2 rings (SSSR count). The van der Waals surface area contributed by atoms with Gasteiger partial charge < -0.3 is 10.2 Å². The number of likely N-dealkylation sites (tertiary alicyclic amines) is 1. The molecule has 1 aliphatic heterocycles. The first-order valence-corrected chi connectivity index (χ1v) is 8.14. The van der Waals surface area contributed by atoms with Crippen molar-refractivity contribution in [1.29, 1.82) is 0 Å². The van der Waals surface area contributed by atoms with Crippen LogP contribution in [0.5, 0.6) is 0 Å². The number of rotatable bonds is 5. The summed E-state index contributed by atoms with van der Waals surface area (Å²) in [5.41, 5.74) is 0. The molecule has 0 radical (unpaired) electrons. The smallest absolute Gasteiger partial charge is 0.0198 e. The number of hydrogen-bond donors (Lipinski definition) is 1. The van der Waals surface area contributed by atoms with Gasteiger partial charge in [0.15, 0.2) is 0 Å². The lowest BCUT2D eigenvalue weighted by Gasteiger charge is -2.39. The molecule has 2 nitrogen and oxygen atoms in total. The summed E-state index contributed by atoms with van der Waals surface area (Å²) in [6.45, 7) is 12.1. The Balaban J connectivity index is 1.78. The van der Waals surface area contributed by atoms with E-state index >= 15 is 0 Å². The molecule has 2 fully saturated rings. The van der Waals surface area contributed by atoms with Crippen LogP contribution < -0.4 is 5.32 Å². The molecular formula is C16H32N2. The molecule has 2 aliphatic rings. The third-order valence-corrected chi connectivity index (χ3v) is 5.12. The van der Waals surface area contributed by atoms with Crippen LogP contribution in [0.4, 0.5) is 0 Å². The maximum absolute atomic E-state index is 3.87. The molecule has 1 N–H and O–H groups in total. The molecule has 0 aromatic carbocycles. The average Bonchev–Trinajstić information content (AvgIpc) is 2.89. The van der Waals surface area contributed by atoms with Gasteiger partial charge in [-0.15, -0.1) is 0 Å². The van der Waals surface area contributed by atoms with Crippen LogP contribution in [-0.2, 0) is 0 Å². The molecule has 2 unspecified atom stereocenters. The molecule has 0 aromatic rings. The summed E-state index contributed by atoms with van der Waals surface area (Å²) in [4.78, 5) is 2.64. The van der Waals surface area contributed by atoms with Gasteiger partial charge in [0.25, 0.3) is 0 Å². The third-order valence-electron chi connectivity index (χ3n) is 5.12. The van der Waals surface area contributed by atoms with Crippen LogP contribution in [0.2, 0.25) is 0 Å². The average molecular weight is 252 g/mol. The van der Waals surface area contributed by atoms with E-state index in [1.54, 1.807) is 0 Å². The van der Waals surface area contributed by atoms with Crippen molar-refractivity contribution in [3.8, 4) is 0 Å². The van der Waals surface area contributed by atoms with Gasteiger partial charge in [-0.25, -0.2) is 0 Å². The predicted molar refractivity (Wildman–Crippen MR) is 78.8 cm³/mol. The van der Waals surface area contributed by atoms with Gasteiger partial charge in [0.1, 0.15) is 0 Å². The fourth-order valence-corrected chi connectivity index (χ4v) is 3.67. The summed E-state index contributed by atoms with van der Waals surface area (Å²) in [7, 11) is 0. The highest BCUT2D eigenvalue weighted by Gasteiger charge is 2.28. The molecule has 0 amide bonds. The topological polar surface area (TPSA) is 15.3 Å². The quantitative estimate of drug-likeness (QED) is 0.809. The molecule has 1 heterocycles. The minimum atomic E-state index is 0.742. The van der Waals surface area contributed by atoms with E-state index in [-0.39, 0.29) is 0 Å². The SMILES string of the molecule is CCN1CC(NCC2CCCC2)CC(C(C)C)C1. The van der Waals surface area contributed by atoms with E-state index in [0.717, 1.165) is 23.8 Å². The first-order valence-electron chi connectivity index (χ1n) is 8.14. The van der Waals surface area contributed by atoms with E-state index in [9.17, 15) is 0 Å². The number of likely N-dealkylation sites (N-methyl/N-ethyl adjacent to an activating group) is 1. The van der Waals surface area contributed by atoms with Gasteiger partial charge >= 0.3 is 0 Å². The summed E-state index contributed by atoms with van der Waals surface area (Å²) in [6, 6.07) is 0.742. The molecule has 1 saturated carbocycles. The van der Waals surface area contributed by atoms with Crippen LogP contribution in [0.1, 0.15) is 52.9 Å². The lowest BCUT2D eigenvalue weighted by Crippen LogP contribution is -2.50. The molecule has 106 valence electrons. The van der Waals surface area contributed by atoms with E-state index in [1.165, 1.54) is 58.3 Å². The molecule has 0 spiro atoms. The number of nitrogens with one attached hydrogen (secondary N) is 1. The largest absolute Gasteiger partial charge is 0.312 e. The Hall–Kier alpha value is -0.0800. The normalized spacial score (nSPS) is 31.3. The molecule has 18 heavy (non-hydrogen) atoms. The first-order chi connectivity index (χ1) is 8.69. The second-order valence-corrected chi connectivity index (χ2v) is 6.85. The van der Waals surface area contributed by atoms with Gasteiger partial charge in [-0.1, -0.05) is 33.6 Å². The van der Waals surface area contributed by atoms with Crippen molar-refractivity contribution in [2.45, 2.75) is 58.9 Å². The lowest BCUT2D eigenvalue weighted by atomic mass is 9.85. The van der Waals surface area contributed by atoms with Crippen LogP contribution in [0.25, 0.3) is 0 Å². The Bertz CT molecular complexity index is 233. The van der Waals surface area contributed by atoms with Crippen molar-refractivity contribution in [3.63, 3.8) is 0 Å². The summed E-state index contributed by atoms with van der Waals surface area (Å²) >= 11 is 0. The van der Waals surface area contributed by atoms with Crippen LogP contribution in [0.3, 0.4) is 0 Å². The second kappa shape index (κ2) is 6.91. The van der Waals surface area contributed by atoms with Gasteiger partial charge in [0.2, 0.25) is 0 Å². The number of nitrogens with zero attached hydrogens (tertiary/aromatic N) is 1. The van der Waals surface area contributed by atoms with Crippen LogP contribution >= 0.6 is 0 Å². The Morgan fingerprint density at radius 1 is 1.17 bits per heavy atom. The zero-order chi connectivity index (χ0) is 13.0. The highest BCUT2D eigenvalue weighted by molar-refractivity contribution is 4.85. The van der Waals surface area contributed by atoms with Gasteiger partial charge in [0, 0.05) is 19.1 Å². The van der Waals surface area contributed by atoms with E-state index in [1.807, 2.05) is 0 Å². The number of piperidine rings is 1. The summed E-state index contributed by atoms with van der Waals surface area (Å²) < 4.78 is 0. The van der Waals surface area contributed by atoms with Crippen LogP contribution in [0, 0.1) is 17.8 Å². The third kappa shape index (κ3) is 3.96. The molecule has 2 atom stereocenters. The van der Waals surface area contributed by atoms with Gasteiger partial charge in [-0.2, -0.15) is 0 Å². The predicted octanol–water partition coefficient (Wildman–Crippen LogP) is 3.13. The van der Waals surface area contributed by atoms with E-state index in [0.29, 0.717) is 0 Å². The van der Waals surface area contributed by atoms with E-state index in [2.05, 4.69) is 31.0 Å². The maximum Gasteiger partial charge on any atom is 0.0198 e. The maximum atomic E-state index is 3.87. The molecule has 1 aliphatic carbocycles. The van der Waals surface area contributed by atoms with Crippen molar-refractivity contribution in [1.82, 2.24) is 10.2 Å². The molecule has 2 heteroatoms. The van der Waals surface area contributed by atoms with Crippen molar-refractivity contribution < 1.29 is 0 Å².